The van der Waals surface area contributed by atoms with Crippen LogP contribution in [-0.2, 0) is 0 Å². The summed E-state index contributed by atoms with van der Waals surface area (Å²) in [6, 6.07) is 45.6. The molecule has 2 fully saturated rings. The number of amidine groups is 2. The average molecular weight is 889 g/mol. The van der Waals surface area contributed by atoms with Crippen molar-refractivity contribution in [3.05, 3.63) is 182 Å². The lowest BCUT2D eigenvalue weighted by Crippen LogP contribution is -2.43. The SMILES string of the molecule is O=C(/N=C1/C(SSC2/C(=N\C(=O)Nc3ccccc3)N(c3ccccc3)C(=O)N2C(=O)Nc2ccccc2)N(C(=O)Nc2ccccc2)C(=O)N1c1ccccc1)Nc1ccccc1. The number of carbonyl (C=O) groups excluding carboxylic acids is 6. The van der Waals surface area contributed by atoms with Gasteiger partial charge in [0.1, 0.15) is 0 Å². The molecule has 16 nitrogen and oxygen atoms in total. The number of rotatable bonds is 9. The fourth-order valence-electron chi connectivity index (χ4n) is 6.54. The second-order valence-electron chi connectivity index (χ2n) is 13.7. The van der Waals surface area contributed by atoms with E-state index < -0.39 is 46.9 Å². The van der Waals surface area contributed by atoms with Crippen molar-refractivity contribution in [2.75, 3.05) is 31.1 Å². The molecule has 64 heavy (non-hydrogen) atoms. The summed E-state index contributed by atoms with van der Waals surface area (Å²) in [6.07, 6.45) is 0. The molecule has 0 aromatic heterocycles. The number of amides is 12. The largest absolute Gasteiger partial charge is 0.347 e. The van der Waals surface area contributed by atoms with Gasteiger partial charge in [-0.3, -0.25) is 0 Å². The van der Waals surface area contributed by atoms with Crippen molar-refractivity contribution in [1.82, 2.24) is 9.80 Å². The maximum atomic E-state index is 14.7. The number of carbonyl (C=O) groups is 6. The molecule has 2 atom stereocenters. The van der Waals surface area contributed by atoms with Gasteiger partial charge in [-0.15, -0.1) is 0 Å². The fraction of sp³-hybridized carbons (Fsp3) is 0.0435. The van der Waals surface area contributed by atoms with E-state index in [1.165, 1.54) is 0 Å². The minimum atomic E-state index is -1.40. The van der Waals surface area contributed by atoms with Crippen LogP contribution in [0.2, 0.25) is 0 Å². The highest BCUT2D eigenvalue weighted by atomic mass is 33.1. The number of nitrogens with zero attached hydrogens (tertiary/aromatic N) is 6. The molecule has 6 aromatic rings. The number of anilines is 6. The molecular weight excluding hydrogens is 853 g/mol. The van der Waals surface area contributed by atoms with Crippen LogP contribution >= 0.6 is 21.6 Å². The number of hydrogen-bond acceptors (Lipinski definition) is 8. The summed E-state index contributed by atoms with van der Waals surface area (Å²) in [6.45, 7) is 0. The van der Waals surface area contributed by atoms with Crippen LogP contribution in [0.1, 0.15) is 0 Å². The number of imide groups is 2. The highest BCUT2D eigenvalue weighted by Crippen LogP contribution is 2.44. The van der Waals surface area contributed by atoms with Gasteiger partial charge >= 0.3 is 36.2 Å². The van der Waals surface area contributed by atoms with Crippen molar-refractivity contribution in [3.63, 3.8) is 0 Å². The normalized spacial score (nSPS) is 17.1. The van der Waals surface area contributed by atoms with E-state index in [0.29, 0.717) is 34.1 Å². The highest BCUT2D eigenvalue weighted by molar-refractivity contribution is 8.77. The van der Waals surface area contributed by atoms with Crippen molar-refractivity contribution in [1.29, 1.82) is 0 Å². The molecule has 0 spiro atoms. The molecule has 6 aromatic carbocycles. The Hall–Kier alpha value is -8.22. The number of aliphatic imine (C=N–C) groups is 2. The van der Waals surface area contributed by atoms with Gasteiger partial charge in [-0.05, 0) is 72.8 Å². The van der Waals surface area contributed by atoms with Crippen LogP contribution in [-0.4, -0.2) is 68.4 Å². The number of nitrogens with one attached hydrogen (secondary N) is 4. The molecule has 0 aliphatic carbocycles. The second kappa shape index (κ2) is 19.7. The lowest BCUT2D eigenvalue weighted by molar-refractivity contribution is 0.205. The van der Waals surface area contributed by atoms with E-state index in [4.69, 9.17) is 0 Å². The molecule has 4 N–H and O–H groups in total. The predicted octanol–water partition coefficient (Wildman–Crippen LogP) is 10.6. The molecule has 18 heteroatoms. The van der Waals surface area contributed by atoms with Crippen molar-refractivity contribution in [2.45, 2.75) is 10.7 Å². The zero-order valence-electron chi connectivity index (χ0n) is 33.4. The molecule has 2 unspecified atom stereocenters. The molecule has 2 saturated heterocycles. The summed E-state index contributed by atoms with van der Waals surface area (Å²) in [5, 5.41) is 8.12. The maximum Gasteiger partial charge on any atom is 0.347 e. The Morgan fingerprint density at radius 2 is 0.656 bits per heavy atom. The minimum absolute atomic E-state index is 0.171. The Bertz CT molecular complexity index is 2530. The highest BCUT2D eigenvalue weighted by Gasteiger charge is 2.53. The van der Waals surface area contributed by atoms with Crippen LogP contribution in [0.25, 0.3) is 0 Å². The van der Waals surface area contributed by atoms with Gasteiger partial charge in [0.05, 0.1) is 11.4 Å². The molecular formula is C46H36N10O6S2. The van der Waals surface area contributed by atoms with Gasteiger partial charge < -0.3 is 21.3 Å². The summed E-state index contributed by atoms with van der Waals surface area (Å²) in [5.41, 5.74) is 2.17. The number of urea groups is 6. The Kier molecular flexibility index (Phi) is 13.0. The Labute approximate surface area is 374 Å². The first-order chi connectivity index (χ1) is 31.2. The summed E-state index contributed by atoms with van der Waals surface area (Å²) < 4.78 is 0. The molecule has 12 amide bonds. The lowest BCUT2D eigenvalue weighted by atomic mass is 10.3. The fourth-order valence-corrected chi connectivity index (χ4v) is 9.45. The first-order valence-corrected chi connectivity index (χ1v) is 21.8. The third kappa shape index (κ3) is 9.62. The van der Waals surface area contributed by atoms with Crippen LogP contribution in [0, 0.1) is 0 Å². The van der Waals surface area contributed by atoms with E-state index in [9.17, 15) is 28.8 Å². The van der Waals surface area contributed by atoms with E-state index in [-0.39, 0.29) is 11.7 Å². The van der Waals surface area contributed by atoms with Gasteiger partial charge in [-0.2, -0.15) is 9.98 Å². The molecule has 0 bridgehead atoms. The van der Waals surface area contributed by atoms with Crippen LogP contribution < -0.4 is 31.1 Å². The average Bonchev–Trinajstić information content (AvgIpc) is 3.74. The molecule has 318 valence electrons. The Morgan fingerprint density at radius 3 is 0.953 bits per heavy atom. The monoisotopic (exact) mass is 888 g/mol. The molecule has 0 radical (unpaired) electrons. The zero-order chi connectivity index (χ0) is 44.4. The van der Waals surface area contributed by atoms with Gasteiger partial charge in [0, 0.05) is 22.7 Å². The first-order valence-electron chi connectivity index (χ1n) is 19.6. The minimum Gasteiger partial charge on any atom is -0.307 e. The third-order valence-corrected chi connectivity index (χ3v) is 12.1. The van der Waals surface area contributed by atoms with E-state index in [0.717, 1.165) is 41.2 Å². The number of hydrogen-bond donors (Lipinski definition) is 4. The molecule has 8 rings (SSSR count). The Morgan fingerprint density at radius 1 is 0.391 bits per heavy atom. The van der Waals surface area contributed by atoms with Crippen molar-refractivity contribution in [2.24, 2.45) is 9.98 Å². The maximum absolute atomic E-state index is 14.7. The molecule has 2 aliphatic rings. The van der Waals surface area contributed by atoms with Gasteiger partial charge in [-0.1, -0.05) is 131 Å². The topological polar surface area (TPSA) is 188 Å². The quantitative estimate of drug-likeness (QED) is 0.103. The van der Waals surface area contributed by atoms with E-state index in [1.807, 2.05) is 0 Å². The standard InChI is InChI=1S/C46H36N10O6S2/c57-41(47-31-19-7-1-8-20-31)51-37-39(55(43(59)49-33-23-11-3-12-24-33)45(61)53(37)35-27-15-5-16-28-35)63-64-40-38(52-42(58)48-32-21-9-2-10-22-32)54(36-29-17-6-18-30-36)46(62)56(40)44(60)50-34-25-13-4-14-26-34/h1-30,39-40H,(H,47,57)(H,48,58)(H,49,59)(H,50,60)/b51-37-,52-38+. The van der Waals surface area contributed by atoms with Crippen LogP contribution in [0.3, 0.4) is 0 Å². The molecule has 0 saturated carbocycles. The summed E-state index contributed by atoms with van der Waals surface area (Å²) in [7, 11) is 1.69. The molecule has 2 aliphatic heterocycles. The number of para-hydroxylation sites is 6. The van der Waals surface area contributed by atoms with E-state index in [1.54, 1.807) is 182 Å². The van der Waals surface area contributed by atoms with Crippen LogP contribution in [0.4, 0.5) is 62.9 Å². The van der Waals surface area contributed by atoms with Gasteiger partial charge in [0.2, 0.25) is 0 Å². The van der Waals surface area contributed by atoms with Crippen molar-refractivity contribution < 1.29 is 28.8 Å². The van der Waals surface area contributed by atoms with E-state index >= 15 is 0 Å². The number of benzene rings is 6. The zero-order valence-corrected chi connectivity index (χ0v) is 35.1. The Balaban J connectivity index is 1.23. The van der Waals surface area contributed by atoms with Crippen molar-refractivity contribution >= 4 is 104 Å². The van der Waals surface area contributed by atoms with Gasteiger partial charge in [0.25, 0.3) is 0 Å². The van der Waals surface area contributed by atoms with Gasteiger partial charge in [-0.25, -0.2) is 48.4 Å². The van der Waals surface area contributed by atoms with E-state index in [2.05, 4.69) is 31.3 Å². The summed E-state index contributed by atoms with van der Waals surface area (Å²) >= 11 is 0. The second-order valence-corrected chi connectivity index (χ2v) is 16.1. The summed E-state index contributed by atoms with van der Waals surface area (Å²) in [5.74, 6) is -0.342. The molecule has 2 heterocycles. The smallest absolute Gasteiger partial charge is 0.307 e. The summed E-state index contributed by atoms with van der Waals surface area (Å²) in [4.78, 5) is 98.5. The van der Waals surface area contributed by atoms with Gasteiger partial charge in [0.15, 0.2) is 22.4 Å². The third-order valence-electron chi connectivity index (χ3n) is 9.40. The lowest BCUT2D eigenvalue weighted by Gasteiger charge is -2.24. The predicted molar refractivity (Wildman–Crippen MR) is 252 cm³/mol. The van der Waals surface area contributed by atoms with Crippen molar-refractivity contribution in [3.8, 4) is 0 Å². The first kappa shape index (κ1) is 42.5. The van der Waals surface area contributed by atoms with Crippen LogP contribution in [0.15, 0.2) is 192 Å². The van der Waals surface area contributed by atoms with Crippen LogP contribution in [0.5, 0.6) is 0 Å².